The van der Waals surface area contributed by atoms with Gasteiger partial charge in [0.05, 0.1) is 6.04 Å². The monoisotopic (exact) mass is 413 g/mol. The molecule has 4 aromatic heterocycles. The van der Waals surface area contributed by atoms with Gasteiger partial charge in [0.1, 0.15) is 10.8 Å². The number of anilines is 1. The van der Waals surface area contributed by atoms with Crippen LogP contribution in [-0.2, 0) is 6.42 Å². The molecule has 0 saturated carbocycles. The molecule has 1 fully saturated rings. The maximum atomic E-state index is 4.83. The summed E-state index contributed by atoms with van der Waals surface area (Å²) in [6.07, 6.45) is 14.5. The normalized spacial score (nSPS) is 16.3. The Morgan fingerprint density at radius 3 is 2.37 bits per heavy atom. The molecule has 0 bridgehead atoms. The van der Waals surface area contributed by atoms with Crippen LogP contribution < -0.4 is 4.90 Å². The van der Waals surface area contributed by atoms with Crippen molar-refractivity contribution in [1.82, 2.24) is 19.9 Å². The van der Waals surface area contributed by atoms with Gasteiger partial charge in [0.2, 0.25) is 0 Å². The van der Waals surface area contributed by atoms with Gasteiger partial charge < -0.3 is 4.90 Å². The third-order valence-electron chi connectivity index (χ3n) is 5.73. The minimum atomic E-state index is 0.177. The third-order valence-corrected chi connectivity index (χ3v) is 6.60. The summed E-state index contributed by atoms with van der Waals surface area (Å²) in [7, 11) is 0. The maximum absolute atomic E-state index is 4.83. The predicted molar refractivity (Wildman–Crippen MR) is 120 cm³/mol. The Labute approximate surface area is 180 Å². The Kier molecular flexibility index (Phi) is 5.48. The highest BCUT2D eigenvalue weighted by molar-refractivity contribution is 7.09. The van der Waals surface area contributed by atoms with Gasteiger partial charge in [-0.05, 0) is 54.2 Å². The molecule has 1 aliphatic rings. The Morgan fingerprint density at radius 1 is 0.933 bits per heavy atom. The van der Waals surface area contributed by atoms with E-state index < -0.39 is 0 Å². The smallest absolute Gasteiger partial charge is 0.132 e. The zero-order valence-corrected chi connectivity index (χ0v) is 17.4. The van der Waals surface area contributed by atoms with E-state index in [0.717, 1.165) is 31.6 Å². The molecule has 5 nitrogen and oxygen atoms in total. The lowest BCUT2D eigenvalue weighted by Crippen LogP contribution is -2.25. The molecule has 1 unspecified atom stereocenters. The molecule has 150 valence electrons. The molecule has 30 heavy (non-hydrogen) atoms. The Hall–Kier alpha value is -3.12. The Bertz CT molecular complexity index is 1030. The van der Waals surface area contributed by atoms with Gasteiger partial charge in [0, 0.05) is 55.0 Å². The number of pyridine rings is 3. The van der Waals surface area contributed by atoms with Crippen LogP contribution in [-0.4, -0.2) is 26.5 Å². The summed E-state index contributed by atoms with van der Waals surface area (Å²) in [6, 6.07) is 12.9. The minimum absolute atomic E-state index is 0.177. The van der Waals surface area contributed by atoms with E-state index in [9.17, 15) is 0 Å². The molecule has 0 radical (unpaired) electrons. The first-order valence-corrected chi connectivity index (χ1v) is 11.2. The van der Waals surface area contributed by atoms with E-state index in [0.29, 0.717) is 6.04 Å². The first-order chi connectivity index (χ1) is 14.9. The highest BCUT2D eigenvalue weighted by Crippen LogP contribution is 2.39. The number of hydrogen-bond donors (Lipinski definition) is 0. The van der Waals surface area contributed by atoms with Crippen molar-refractivity contribution in [2.24, 2.45) is 0 Å². The fourth-order valence-electron chi connectivity index (χ4n) is 4.34. The van der Waals surface area contributed by atoms with Crippen LogP contribution in [0.2, 0.25) is 0 Å². The Morgan fingerprint density at radius 2 is 1.70 bits per heavy atom. The number of rotatable bonds is 6. The fourth-order valence-corrected chi connectivity index (χ4v) is 5.12. The summed E-state index contributed by atoms with van der Waals surface area (Å²) in [4.78, 5) is 20.6. The van der Waals surface area contributed by atoms with E-state index in [4.69, 9.17) is 4.98 Å². The van der Waals surface area contributed by atoms with Crippen molar-refractivity contribution in [1.29, 1.82) is 0 Å². The molecule has 1 atom stereocenters. The van der Waals surface area contributed by atoms with Crippen LogP contribution in [0.25, 0.3) is 0 Å². The van der Waals surface area contributed by atoms with Crippen LogP contribution in [0, 0.1) is 0 Å². The van der Waals surface area contributed by atoms with Crippen molar-refractivity contribution < 1.29 is 0 Å². The molecule has 5 heterocycles. The number of hydrogen-bond acceptors (Lipinski definition) is 6. The average molecular weight is 414 g/mol. The zero-order valence-electron chi connectivity index (χ0n) is 16.6. The summed E-state index contributed by atoms with van der Waals surface area (Å²) in [6.45, 7) is 1.01. The second-order valence-electron chi connectivity index (χ2n) is 7.54. The first-order valence-electron chi connectivity index (χ1n) is 10.3. The molecule has 4 aromatic rings. The molecule has 1 saturated heterocycles. The highest BCUT2D eigenvalue weighted by atomic mass is 32.1. The lowest BCUT2D eigenvalue weighted by atomic mass is 9.87. The summed E-state index contributed by atoms with van der Waals surface area (Å²) >= 11 is 1.74. The second kappa shape index (κ2) is 8.71. The molecular formula is C24H23N5S. The maximum Gasteiger partial charge on any atom is 0.132 e. The van der Waals surface area contributed by atoms with E-state index in [1.807, 2.05) is 55.4 Å². The Balaban J connectivity index is 1.51. The summed E-state index contributed by atoms with van der Waals surface area (Å²) in [5, 5.41) is 3.24. The molecule has 0 aromatic carbocycles. The van der Waals surface area contributed by atoms with Gasteiger partial charge in [-0.15, -0.1) is 11.3 Å². The fraction of sp³-hybridized carbons (Fsp3) is 0.250. The molecule has 5 rings (SSSR count). The second-order valence-corrected chi connectivity index (χ2v) is 8.46. The van der Waals surface area contributed by atoms with Crippen LogP contribution in [0.5, 0.6) is 0 Å². The van der Waals surface area contributed by atoms with Gasteiger partial charge >= 0.3 is 0 Å². The highest BCUT2D eigenvalue weighted by Gasteiger charge is 2.31. The van der Waals surface area contributed by atoms with Crippen molar-refractivity contribution >= 4 is 17.2 Å². The lowest BCUT2D eigenvalue weighted by molar-refractivity contribution is 0.696. The minimum Gasteiger partial charge on any atom is -0.347 e. The van der Waals surface area contributed by atoms with Gasteiger partial charge in [0.25, 0.3) is 0 Å². The summed E-state index contributed by atoms with van der Waals surface area (Å²) in [5.41, 5.74) is 3.63. The summed E-state index contributed by atoms with van der Waals surface area (Å²) in [5.74, 6) is 1.25. The van der Waals surface area contributed by atoms with E-state index in [1.54, 1.807) is 11.3 Å². The molecule has 1 aliphatic heterocycles. The molecule has 0 amide bonds. The number of nitrogens with zero attached hydrogens (tertiary/aromatic N) is 5. The number of aromatic nitrogens is 4. The van der Waals surface area contributed by atoms with Crippen LogP contribution >= 0.6 is 11.3 Å². The van der Waals surface area contributed by atoms with E-state index in [1.165, 1.54) is 21.7 Å². The van der Waals surface area contributed by atoms with E-state index >= 15 is 0 Å². The quantitative estimate of drug-likeness (QED) is 0.443. The average Bonchev–Trinajstić information content (AvgIpc) is 3.51. The molecule has 0 N–H and O–H groups in total. The van der Waals surface area contributed by atoms with Crippen molar-refractivity contribution in [3.05, 3.63) is 101 Å². The largest absolute Gasteiger partial charge is 0.347 e. The topological polar surface area (TPSA) is 54.8 Å². The first kappa shape index (κ1) is 18.9. The lowest BCUT2D eigenvalue weighted by Gasteiger charge is -2.27. The van der Waals surface area contributed by atoms with Gasteiger partial charge in [-0.25, -0.2) is 9.97 Å². The molecule has 0 spiro atoms. The number of thiazole rings is 1. The van der Waals surface area contributed by atoms with Gasteiger partial charge in [-0.2, -0.15) is 0 Å². The predicted octanol–water partition coefficient (Wildman–Crippen LogP) is 5.04. The summed E-state index contributed by atoms with van der Waals surface area (Å²) < 4.78 is 0. The van der Waals surface area contributed by atoms with E-state index in [2.05, 4.69) is 43.4 Å². The van der Waals surface area contributed by atoms with Crippen molar-refractivity contribution in [2.75, 3.05) is 11.4 Å². The van der Waals surface area contributed by atoms with Crippen LogP contribution in [0.1, 0.15) is 46.5 Å². The van der Waals surface area contributed by atoms with Gasteiger partial charge in [-0.1, -0.05) is 18.2 Å². The van der Waals surface area contributed by atoms with Crippen molar-refractivity contribution in [3.8, 4) is 0 Å². The van der Waals surface area contributed by atoms with E-state index in [-0.39, 0.29) is 5.92 Å². The third kappa shape index (κ3) is 3.83. The molecule has 0 aliphatic carbocycles. The van der Waals surface area contributed by atoms with Crippen LogP contribution in [0.4, 0.5) is 5.82 Å². The van der Waals surface area contributed by atoms with Crippen molar-refractivity contribution in [2.45, 2.75) is 31.2 Å². The van der Waals surface area contributed by atoms with Crippen LogP contribution in [0.15, 0.2) is 79.0 Å². The van der Waals surface area contributed by atoms with Crippen molar-refractivity contribution in [3.63, 3.8) is 0 Å². The zero-order chi connectivity index (χ0) is 20.2. The SMILES string of the molecule is c1cncc(C(Cc2cccnc2N2CCCC2c2nccs2)c2cccnc2)c1. The standard InChI is InChI=1S/C24H23N5S/c1-6-19(16-25-9-1)21(20-7-2-10-26-17-20)15-18-5-3-11-27-23(18)29-13-4-8-22(29)24-28-12-14-30-24/h1-3,5-7,9-12,14,16-17,21-22H,4,8,13,15H2. The van der Waals surface area contributed by atoms with Crippen LogP contribution in [0.3, 0.4) is 0 Å². The van der Waals surface area contributed by atoms with Gasteiger partial charge in [0.15, 0.2) is 0 Å². The molecular weight excluding hydrogens is 390 g/mol. The van der Waals surface area contributed by atoms with Gasteiger partial charge in [-0.3, -0.25) is 9.97 Å². The molecule has 6 heteroatoms.